The van der Waals surface area contributed by atoms with E-state index in [4.69, 9.17) is 14.9 Å². The number of aliphatic imine (C=N–C) groups is 1. The zero-order chi connectivity index (χ0) is 17.2. The van der Waals surface area contributed by atoms with Crippen molar-refractivity contribution >= 4 is 35.8 Å². The van der Waals surface area contributed by atoms with E-state index in [0.717, 1.165) is 17.9 Å². The van der Waals surface area contributed by atoms with E-state index in [-0.39, 0.29) is 30.6 Å². The molecule has 25 heavy (non-hydrogen) atoms. The van der Waals surface area contributed by atoms with E-state index in [1.807, 2.05) is 37.3 Å². The molecule has 0 unspecified atom stereocenters. The summed E-state index contributed by atoms with van der Waals surface area (Å²) in [6, 6.07) is 11.1. The number of carbonyl (C=O) groups excluding carboxylic acids is 1. The van der Waals surface area contributed by atoms with Crippen LogP contribution in [0.1, 0.15) is 18.2 Å². The third-order valence-corrected chi connectivity index (χ3v) is 3.05. The maximum atomic E-state index is 10.8. The summed E-state index contributed by atoms with van der Waals surface area (Å²) in [6.45, 7) is 3.65. The molecule has 0 aliphatic heterocycles. The minimum Gasteiger partial charge on any atom is -0.484 e. The van der Waals surface area contributed by atoms with Crippen LogP contribution in [0.15, 0.2) is 52.1 Å². The summed E-state index contributed by atoms with van der Waals surface area (Å²) in [5.41, 5.74) is 6.04. The quantitative estimate of drug-likeness (QED) is 0.319. The van der Waals surface area contributed by atoms with Crippen molar-refractivity contribution in [3.63, 3.8) is 0 Å². The Labute approximate surface area is 164 Å². The van der Waals surface area contributed by atoms with Gasteiger partial charge in [0.15, 0.2) is 12.6 Å². The fourth-order valence-corrected chi connectivity index (χ4v) is 1.98. The van der Waals surface area contributed by atoms with Crippen molar-refractivity contribution in [1.29, 1.82) is 0 Å². The highest BCUT2D eigenvalue weighted by molar-refractivity contribution is 14.0. The first-order valence-corrected chi connectivity index (χ1v) is 7.72. The zero-order valence-corrected chi connectivity index (χ0v) is 16.4. The van der Waals surface area contributed by atoms with E-state index in [1.54, 1.807) is 12.3 Å². The lowest BCUT2D eigenvalue weighted by Gasteiger charge is -2.10. The lowest BCUT2D eigenvalue weighted by Crippen LogP contribution is -2.36. The van der Waals surface area contributed by atoms with Crippen molar-refractivity contribution in [1.82, 2.24) is 10.6 Å². The fraction of sp³-hybridized carbons (Fsp3) is 0.294. The standard InChI is InChI=1S/C17H22N4O3.HI/c1-2-19-17(21-11-15-7-4-8-23-15)20-10-13-5-3-6-14(9-13)24-12-16(18)22;/h3-9H,2,10-12H2,1H3,(H2,18,22)(H2,19,20,21);1H. The highest BCUT2D eigenvalue weighted by Gasteiger charge is 2.02. The fourth-order valence-electron chi connectivity index (χ4n) is 1.98. The highest BCUT2D eigenvalue weighted by atomic mass is 127. The van der Waals surface area contributed by atoms with Crippen molar-refractivity contribution in [2.24, 2.45) is 10.7 Å². The van der Waals surface area contributed by atoms with E-state index >= 15 is 0 Å². The number of amides is 1. The molecule has 136 valence electrons. The largest absolute Gasteiger partial charge is 0.484 e. The van der Waals surface area contributed by atoms with Gasteiger partial charge in [-0.25, -0.2) is 4.99 Å². The molecule has 0 aliphatic rings. The minimum absolute atomic E-state index is 0. The van der Waals surface area contributed by atoms with Crippen LogP contribution in [0, 0.1) is 0 Å². The maximum Gasteiger partial charge on any atom is 0.255 e. The van der Waals surface area contributed by atoms with Crippen molar-refractivity contribution in [2.75, 3.05) is 13.2 Å². The second-order valence-corrected chi connectivity index (χ2v) is 5.03. The van der Waals surface area contributed by atoms with Crippen LogP contribution in [0.4, 0.5) is 0 Å². The number of carbonyl (C=O) groups is 1. The van der Waals surface area contributed by atoms with Crippen LogP contribution >= 0.6 is 24.0 Å². The number of benzene rings is 1. The summed E-state index contributed by atoms with van der Waals surface area (Å²) in [5, 5.41) is 6.38. The van der Waals surface area contributed by atoms with Crippen LogP contribution in [-0.4, -0.2) is 25.0 Å². The predicted molar refractivity (Wildman–Crippen MR) is 107 cm³/mol. The van der Waals surface area contributed by atoms with Gasteiger partial charge in [0.2, 0.25) is 0 Å². The molecule has 2 aromatic rings. The molecule has 1 aromatic heterocycles. The molecule has 0 aliphatic carbocycles. The molecular weight excluding hydrogens is 435 g/mol. The summed E-state index contributed by atoms with van der Waals surface area (Å²) in [6.07, 6.45) is 1.64. The molecule has 1 amide bonds. The average molecular weight is 458 g/mol. The van der Waals surface area contributed by atoms with E-state index in [2.05, 4.69) is 15.6 Å². The van der Waals surface area contributed by atoms with Gasteiger partial charge in [0.05, 0.1) is 19.4 Å². The molecule has 0 atom stereocenters. The number of halogens is 1. The van der Waals surface area contributed by atoms with Gasteiger partial charge in [-0.1, -0.05) is 12.1 Å². The summed E-state index contributed by atoms with van der Waals surface area (Å²) in [7, 11) is 0. The van der Waals surface area contributed by atoms with Crippen molar-refractivity contribution in [3.05, 3.63) is 54.0 Å². The second kappa shape index (κ2) is 11.3. The molecule has 0 spiro atoms. The van der Waals surface area contributed by atoms with Crippen molar-refractivity contribution in [2.45, 2.75) is 20.0 Å². The van der Waals surface area contributed by atoms with Gasteiger partial charge in [0.1, 0.15) is 11.5 Å². The first-order chi connectivity index (χ1) is 11.7. The first kappa shape index (κ1) is 20.8. The highest BCUT2D eigenvalue weighted by Crippen LogP contribution is 2.14. The number of primary amides is 1. The number of nitrogens with one attached hydrogen (secondary N) is 2. The van der Waals surface area contributed by atoms with Crippen LogP contribution in [0.5, 0.6) is 5.75 Å². The molecule has 7 nitrogen and oxygen atoms in total. The van der Waals surface area contributed by atoms with Gasteiger partial charge < -0.3 is 25.5 Å². The molecular formula is C17H23IN4O3. The minimum atomic E-state index is -0.505. The second-order valence-electron chi connectivity index (χ2n) is 5.03. The van der Waals surface area contributed by atoms with Crippen molar-refractivity contribution < 1.29 is 13.9 Å². The van der Waals surface area contributed by atoms with Gasteiger partial charge in [-0.3, -0.25) is 4.79 Å². The maximum absolute atomic E-state index is 10.8. The van der Waals surface area contributed by atoms with Gasteiger partial charge in [-0.05, 0) is 36.8 Å². The SMILES string of the molecule is CCNC(=NCc1cccc(OCC(N)=O)c1)NCc1ccco1.I. The number of guanidine groups is 1. The molecule has 0 radical (unpaired) electrons. The van der Waals surface area contributed by atoms with Gasteiger partial charge in [0, 0.05) is 6.54 Å². The summed E-state index contributed by atoms with van der Waals surface area (Å²) >= 11 is 0. The Balaban J connectivity index is 0.00000312. The molecule has 1 heterocycles. The third kappa shape index (κ3) is 7.92. The van der Waals surface area contributed by atoms with E-state index in [1.165, 1.54) is 0 Å². The zero-order valence-electron chi connectivity index (χ0n) is 14.0. The number of nitrogens with zero attached hydrogens (tertiary/aromatic N) is 1. The van der Waals surface area contributed by atoms with Crippen LogP contribution in [0.3, 0.4) is 0 Å². The molecule has 0 fully saturated rings. The van der Waals surface area contributed by atoms with E-state index < -0.39 is 5.91 Å². The van der Waals surface area contributed by atoms with Crippen LogP contribution in [0.25, 0.3) is 0 Å². The van der Waals surface area contributed by atoms with Gasteiger partial charge in [0.25, 0.3) is 5.91 Å². The van der Waals surface area contributed by atoms with Gasteiger partial charge >= 0.3 is 0 Å². The van der Waals surface area contributed by atoms with E-state index in [0.29, 0.717) is 24.8 Å². The summed E-state index contributed by atoms with van der Waals surface area (Å²) < 4.78 is 10.6. The topological polar surface area (TPSA) is 102 Å². The Bertz CT molecular complexity index is 674. The van der Waals surface area contributed by atoms with Gasteiger partial charge in [-0.15, -0.1) is 24.0 Å². The lowest BCUT2D eigenvalue weighted by atomic mass is 10.2. The Hall–Kier alpha value is -2.23. The Morgan fingerprint density at radius 3 is 2.80 bits per heavy atom. The molecule has 1 aromatic carbocycles. The van der Waals surface area contributed by atoms with Crippen LogP contribution in [0.2, 0.25) is 0 Å². The Morgan fingerprint density at radius 2 is 2.12 bits per heavy atom. The molecule has 4 N–H and O–H groups in total. The van der Waals surface area contributed by atoms with Crippen molar-refractivity contribution in [3.8, 4) is 5.75 Å². The Kier molecular flexibility index (Phi) is 9.45. The average Bonchev–Trinajstić information content (AvgIpc) is 3.09. The number of nitrogens with two attached hydrogens (primary N) is 1. The van der Waals surface area contributed by atoms with Crippen LogP contribution in [-0.2, 0) is 17.9 Å². The predicted octanol–water partition coefficient (Wildman–Crippen LogP) is 2.02. The number of hydrogen-bond donors (Lipinski definition) is 3. The molecule has 2 rings (SSSR count). The first-order valence-electron chi connectivity index (χ1n) is 7.72. The monoisotopic (exact) mass is 458 g/mol. The van der Waals surface area contributed by atoms with E-state index in [9.17, 15) is 4.79 Å². The summed E-state index contributed by atoms with van der Waals surface area (Å²) in [5.74, 6) is 1.62. The molecule has 0 bridgehead atoms. The number of rotatable bonds is 8. The molecule has 0 saturated carbocycles. The molecule has 0 saturated heterocycles. The lowest BCUT2D eigenvalue weighted by molar-refractivity contribution is -0.119. The van der Waals surface area contributed by atoms with Crippen LogP contribution < -0.4 is 21.1 Å². The normalized spacial score (nSPS) is 10.7. The number of hydrogen-bond acceptors (Lipinski definition) is 4. The number of furan rings is 1. The molecule has 8 heteroatoms. The number of ether oxygens (including phenoxy) is 1. The smallest absolute Gasteiger partial charge is 0.255 e. The third-order valence-electron chi connectivity index (χ3n) is 3.05. The Morgan fingerprint density at radius 1 is 1.28 bits per heavy atom. The van der Waals surface area contributed by atoms with Gasteiger partial charge in [-0.2, -0.15) is 0 Å². The summed E-state index contributed by atoms with van der Waals surface area (Å²) in [4.78, 5) is 15.3.